The molecule has 154 valence electrons. The van der Waals surface area contributed by atoms with Crippen LogP contribution in [0.2, 0.25) is 0 Å². The molecule has 0 aliphatic rings. The fraction of sp³-hybridized carbons (Fsp3) is 0.591. The highest BCUT2D eigenvalue weighted by Crippen LogP contribution is 2.13. The predicted octanol–water partition coefficient (Wildman–Crippen LogP) is 3.83. The summed E-state index contributed by atoms with van der Waals surface area (Å²) in [5.41, 5.74) is 0.147. The van der Waals surface area contributed by atoms with Gasteiger partial charge in [-0.25, -0.2) is 4.79 Å². The van der Waals surface area contributed by atoms with Gasteiger partial charge < -0.3 is 10.3 Å². The number of rotatable bonds is 11. The Labute approximate surface area is 166 Å². The van der Waals surface area contributed by atoms with E-state index in [9.17, 15) is 14.4 Å². The predicted molar refractivity (Wildman–Crippen MR) is 114 cm³/mol. The average Bonchev–Trinajstić information content (AvgIpc) is 2.70. The van der Waals surface area contributed by atoms with E-state index in [0.717, 1.165) is 44.9 Å². The largest absolute Gasteiger partial charge is 0.352 e. The summed E-state index contributed by atoms with van der Waals surface area (Å²) in [6.45, 7) is 7.43. The van der Waals surface area contributed by atoms with Crippen LogP contribution in [-0.4, -0.2) is 22.0 Å². The van der Waals surface area contributed by atoms with Gasteiger partial charge >= 0.3 is 5.69 Å². The fourth-order valence-corrected chi connectivity index (χ4v) is 3.40. The minimum absolute atomic E-state index is 0.176. The number of hydrogen-bond donors (Lipinski definition) is 2. The molecule has 0 bridgehead atoms. The number of amides is 1. The van der Waals surface area contributed by atoms with Crippen LogP contribution in [0.3, 0.4) is 0 Å². The lowest BCUT2D eigenvalue weighted by Crippen LogP contribution is -2.35. The van der Waals surface area contributed by atoms with Crippen molar-refractivity contribution in [3.05, 3.63) is 44.6 Å². The molecule has 0 unspecified atom stereocenters. The van der Waals surface area contributed by atoms with Crippen LogP contribution >= 0.6 is 0 Å². The van der Waals surface area contributed by atoms with E-state index < -0.39 is 5.69 Å². The Hall–Kier alpha value is -2.37. The van der Waals surface area contributed by atoms with Gasteiger partial charge in [0.15, 0.2) is 0 Å². The van der Waals surface area contributed by atoms with Crippen molar-refractivity contribution in [2.45, 2.75) is 72.3 Å². The second kappa shape index (κ2) is 10.8. The van der Waals surface area contributed by atoms with Crippen molar-refractivity contribution >= 4 is 16.8 Å². The molecular formula is C22H33N3O3. The van der Waals surface area contributed by atoms with E-state index in [1.54, 1.807) is 18.2 Å². The van der Waals surface area contributed by atoms with Crippen LogP contribution in [0.5, 0.6) is 0 Å². The number of nitrogens with one attached hydrogen (secondary N) is 2. The minimum Gasteiger partial charge on any atom is -0.352 e. The maximum atomic E-state index is 12.6. The molecule has 28 heavy (non-hydrogen) atoms. The summed E-state index contributed by atoms with van der Waals surface area (Å²) < 4.78 is 1.25. The third-order valence-electron chi connectivity index (χ3n) is 5.32. The standard InChI is InChI=1S/C22H33N3O3/c1-4-7-9-13-25-21(27)18-12-11-17(14-19(18)24-22(25)28)20(26)23-15-16(6-3)10-8-5-2/h11-12,14,16H,4-10,13,15H2,1-3H3,(H,23,26)(H,24,28)/t16-/m1/s1. The lowest BCUT2D eigenvalue weighted by atomic mass is 9.99. The van der Waals surface area contributed by atoms with Gasteiger partial charge in [0.1, 0.15) is 0 Å². The molecule has 0 saturated heterocycles. The Morgan fingerprint density at radius 2 is 1.86 bits per heavy atom. The number of aromatic nitrogens is 2. The number of carbonyl (C=O) groups excluding carboxylic acids is 1. The van der Waals surface area contributed by atoms with Gasteiger partial charge in [-0.2, -0.15) is 0 Å². The van der Waals surface area contributed by atoms with Crippen molar-refractivity contribution in [2.75, 3.05) is 6.54 Å². The van der Waals surface area contributed by atoms with Crippen LogP contribution in [0, 0.1) is 5.92 Å². The molecular weight excluding hydrogens is 354 g/mol. The molecule has 0 saturated carbocycles. The van der Waals surface area contributed by atoms with Crippen LogP contribution in [0.25, 0.3) is 10.9 Å². The number of fused-ring (bicyclic) bond motifs is 1. The quantitative estimate of drug-likeness (QED) is 0.575. The smallest absolute Gasteiger partial charge is 0.328 e. The van der Waals surface area contributed by atoms with Crippen molar-refractivity contribution < 1.29 is 4.79 Å². The Kier molecular flexibility index (Phi) is 8.48. The number of nitrogens with zero attached hydrogens (tertiary/aromatic N) is 1. The second-order valence-electron chi connectivity index (χ2n) is 7.48. The highest BCUT2D eigenvalue weighted by Gasteiger charge is 2.13. The molecule has 1 amide bonds. The Morgan fingerprint density at radius 3 is 2.54 bits per heavy atom. The second-order valence-corrected chi connectivity index (χ2v) is 7.48. The molecule has 0 fully saturated rings. The Morgan fingerprint density at radius 1 is 1.11 bits per heavy atom. The summed E-state index contributed by atoms with van der Waals surface area (Å²) in [6, 6.07) is 4.88. The van der Waals surface area contributed by atoms with Gasteiger partial charge in [-0.1, -0.05) is 52.9 Å². The summed E-state index contributed by atoms with van der Waals surface area (Å²) in [6.07, 6.45) is 7.24. The van der Waals surface area contributed by atoms with E-state index >= 15 is 0 Å². The third kappa shape index (κ3) is 5.57. The van der Waals surface area contributed by atoms with Crippen LogP contribution in [0.1, 0.15) is 76.1 Å². The minimum atomic E-state index is -0.420. The van der Waals surface area contributed by atoms with Gasteiger partial charge in [0.25, 0.3) is 11.5 Å². The van der Waals surface area contributed by atoms with E-state index in [4.69, 9.17) is 0 Å². The van der Waals surface area contributed by atoms with Gasteiger partial charge in [-0.05, 0) is 37.0 Å². The summed E-state index contributed by atoms with van der Waals surface area (Å²) in [7, 11) is 0. The first-order chi connectivity index (χ1) is 13.5. The lowest BCUT2D eigenvalue weighted by molar-refractivity contribution is 0.0946. The molecule has 0 radical (unpaired) electrons. The third-order valence-corrected chi connectivity index (χ3v) is 5.32. The zero-order chi connectivity index (χ0) is 20.5. The fourth-order valence-electron chi connectivity index (χ4n) is 3.40. The number of aromatic amines is 1. The van der Waals surface area contributed by atoms with Crippen molar-refractivity contribution in [2.24, 2.45) is 5.92 Å². The number of H-pyrrole nitrogens is 1. The van der Waals surface area contributed by atoms with Crippen molar-refractivity contribution in [3.63, 3.8) is 0 Å². The van der Waals surface area contributed by atoms with Gasteiger partial charge in [0.2, 0.25) is 0 Å². The van der Waals surface area contributed by atoms with Gasteiger partial charge in [-0.3, -0.25) is 14.2 Å². The molecule has 1 atom stereocenters. The average molecular weight is 388 g/mol. The first-order valence-corrected chi connectivity index (χ1v) is 10.6. The van der Waals surface area contributed by atoms with Gasteiger partial charge in [0.05, 0.1) is 10.9 Å². The summed E-state index contributed by atoms with van der Waals surface area (Å²) >= 11 is 0. The highest BCUT2D eigenvalue weighted by molar-refractivity contribution is 5.97. The zero-order valence-electron chi connectivity index (χ0n) is 17.3. The number of benzene rings is 1. The molecule has 2 aromatic rings. The molecule has 0 aliphatic carbocycles. The van der Waals surface area contributed by atoms with Gasteiger partial charge in [-0.15, -0.1) is 0 Å². The molecule has 2 rings (SSSR count). The van der Waals surface area contributed by atoms with E-state index in [1.807, 2.05) is 0 Å². The number of unbranched alkanes of at least 4 members (excludes halogenated alkanes) is 3. The monoisotopic (exact) mass is 387 g/mol. The maximum absolute atomic E-state index is 12.6. The lowest BCUT2D eigenvalue weighted by Gasteiger charge is -2.15. The number of hydrogen-bond acceptors (Lipinski definition) is 3. The first kappa shape index (κ1) is 21.9. The topological polar surface area (TPSA) is 84.0 Å². The molecule has 0 aliphatic heterocycles. The SMILES string of the molecule is CCCCCn1c(=O)[nH]c2cc(C(=O)NC[C@H](CC)CCCC)ccc2c1=O. The number of carbonyl (C=O) groups is 1. The van der Waals surface area contributed by atoms with Crippen LogP contribution in [0.4, 0.5) is 0 Å². The van der Waals surface area contributed by atoms with E-state index in [2.05, 4.69) is 31.1 Å². The summed E-state index contributed by atoms with van der Waals surface area (Å²) in [5.74, 6) is 0.296. The zero-order valence-corrected chi connectivity index (χ0v) is 17.3. The van der Waals surface area contributed by atoms with Crippen LogP contribution in [-0.2, 0) is 6.54 Å². The Balaban J connectivity index is 2.17. The molecule has 6 nitrogen and oxygen atoms in total. The highest BCUT2D eigenvalue weighted by atomic mass is 16.2. The normalized spacial score (nSPS) is 12.2. The van der Waals surface area contributed by atoms with E-state index in [0.29, 0.717) is 35.5 Å². The van der Waals surface area contributed by atoms with Crippen molar-refractivity contribution in [1.29, 1.82) is 0 Å². The molecule has 6 heteroatoms. The molecule has 1 heterocycles. The van der Waals surface area contributed by atoms with Crippen LogP contribution in [0.15, 0.2) is 27.8 Å². The van der Waals surface area contributed by atoms with Crippen LogP contribution < -0.4 is 16.6 Å². The maximum Gasteiger partial charge on any atom is 0.328 e. The molecule has 0 spiro atoms. The molecule has 2 N–H and O–H groups in total. The van der Waals surface area contributed by atoms with Gasteiger partial charge in [0, 0.05) is 18.7 Å². The van der Waals surface area contributed by atoms with E-state index in [-0.39, 0.29) is 11.5 Å². The van der Waals surface area contributed by atoms with Crippen molar-refractivity contribution in [3.8, 4) is 0 Å². The summed E-state index contributed by atoms with van der Waals surface area (Å²) in [4.78, 5) is 40.2. The molecule has 1 aromatic heterocycles. The van der Waals surface area contributed by atoms with Crippen molar-refractivity contribution in [1.82, 2.24) is 14.9 Å². The Bertz CT molecular complexity index is 898. The first-order valence-electron chi connectivity index (χ1n) is 10.6. The van der Waals surface area contributed by atoms with E-state index in [1.165, 1.54) is 4.57 Å². The summed E-state index contributed by atoms with van der Waals surface area (Å²) in [5, 5.41) is 3.42. The molecule has 1 aromatic carbocycles.